The third-order valence-corrected chi connectivity index (χ3v) is 3.17. The molecule has 1 N–H and O–H groups in total. The van der Waals surface area contributed by atoms with E-state index >= 15 is 0 Å². The molecule has 0 amide bonds. The Hall–Kier alpha value is -2.40. The van der Waals surface area contributed by atoms with Crippen molar-refractivity contribution in [3.05, 3.63) is 63.2 Å². The second kappa shape index (κ2) is 6.37. The van der Waals surface area contributed by atoms with Crippen LogP contribution in [0.15, 0.2) is 36.4 Å². The molecule has 0 aromatic heterocycles. The number of nitro benzene ring substituents is 1. The number of nitrogens with one attached hydrogen (secondary N) is 1. The summed E-state index contributed by atoms with van der Waals surface area (Å²) in [4.78, 5) is 10.3. The molecule has 5 nitrogen and oxygen atoms in total. The number of hydrogen-bond donors (Lipinski definition) is 1. The SMILES string of the molecule is CNCc1cc(C)ccc1Oc1ccc([N+](=O)[O-])cc1C. The van der Waals surface area contributed by atoms with E-state index in [0.29, 0.717) is 12.3 Å². The van der Waals surface area contributed by atoms with Crippen LogP contribution in [0.25, 0.3) is 0 Å². The first-order valence-electron chi connectivity index (χ1n) is 6.68. The molecule has 0 saturated heterocycles. The fourth-order valence-electron chi connectivity index (χ4n) is 2.12. The molecule has 0 fully saturated rings. The molecule has 0 aliphatic heterocycles. The minimum absolute atomic E-state index is 0.0687. The van der Waals surface area contributed by atoms with Gasteiger partial charge in [-0.25, -0.2) is 0 Å². The Morgan fingerprint density at radius 1 is 1.14 bits per heavy atom. The molecule has 2 rings (SSSR count). The minimum Gasteiger partial charge on any atom is -0.457 e. The zero-order valence-electron chi connectivity index (χ0n) is 12.3. The summed E-state index contributed by atoms with van der Waals surface area (Å²) in [6, 6.07) is 10.6. The Labute approximate surface area is 123 Å². The van der Waals surface area contributed by atoms with Crippen molar-refractivity contribution in [2.45, 2.75) is 20.4 Å². The maximum Gasteiger partial charge on any atom is 0.269 e. The average Bonchev–Trinajstić information content (AvgIpc) is 2.43. The summed E-state index contributed by atoms with van der Waals surface area (Å²) in [5, 5.41) is 13.9. The highest BCUT2D eigenvalue weighted by Crippen LogP contribution is 2.30. The Bertz CT molecular complexity index is 669. The lowest BCUT2D eigenvalue weighted by Gasteiger charge is -2.13. The van der Waals surface area contributed by atoms with Gasteiger partial charge in [0.2, 0.25) is 0 Å². The number of rotatable bonds is 5. The van der Waals surface area contributed by atoms with Crippen LogP contribution in [0.1, 0.15) is 16.7 Å². The lowest BCUT2D eigenvalue weighted by molar-refractivity contribution is -0.384. The largest absolute Gasteiger partial charge is 0.457 e. The molecule has 0 unspecified atom stereocenters. The van der Waals surface area contributed by atoms with Gasteiger partial charge in [-0.3, -0.25) is 10.1 Å². The molecular weight excluding hydrogens is 268 g/mol. The van der Waals surface area contributed by atoms with Crippen molar-refractivity contribution in [3.8, 4) is 11.5 Å². The summed E-state index contributed by atoms with van der Waals surface area (Å²) in [7, 11) is 1.88. The van der Waals surface area contributed by atoms with E-state index in [1.54, 1.807) is 13.0 Å². The summed E-state index contributed by atoms with van der Waals surface area (Å²) in [6.07, 6.45) is 0. The lowest BCUT2D eigenvalue weighted by Crippen LogP contribution is -2.06. The average molecular weight is 286 g/mol. The Morgan fingerprint density at radius 2 is 1.86 bits per heavy atom. The summed E-state index contributed by atoms with van der Waals surface area (Å²) >= 11 is 0. The first-order valence-corrected chi connectivity index (χ1v) is 6.68. The molecule has 0 heterocycles. The quantitative estimate of drug-likeness (QED) is 0.672. The van der Waals surface area contributed by atoms with Crippen LogP contribution in [0.4, 0.5) is 5.69 Å². The molecule has 110 valence electrons. The van der Waals surface area contributed by atoms with Crippen molar-refractivity contribution in [2.75, 3.05) is 7.05 Å². The number of hydrogen-bond acceptors (Lipinski definition) is 4. The highest BCUT2D eigenvalue weighted by Gasteiger charge is 2.11. The van der Waals surface area contributed by atoms with Gasteiger partial charge in [-0.1, -0.05) is 17.7 Å². The smallest absolute Gasteiger partial charge is 0.269 e. The molecule has 5 heteroatoms. The topological polar surface area (TPSA) is 64.4 Å². The molecule has 0 atom stereocenters. The normalized spacial score (nSPS) is 10.4. The van der Waals surface area contributed by atoms with Gasteiger partial charge in [0.05, 0.1) is 4.92 Å². The monoisotopic (exact) mass is 286 g/mol. The fraction of sp³-hybridized carbons (Fsp3) is 0.250. The summed E-state index contributed by atoms with van der Waals surface area (Å²) in [5.41, 5.74) is 3.02. The Balaban J connectivity index is 2.32. The number of aryl methyl sites for hydroxylation is 2. The van der Waals surface area contributed by atoms with Crippen molar-refractivity contribution in [3.63, 3.8) is 0 Å². The first-order chi connectivity index (χ1) is 10.0. The van der Waals surface area contributed by atoms with Gasteiger partial charge in [-0.05, 0) is 38.6 Å². The van der Waals surface area contributed by atoms with Crippen LogP contribution in [0.2, 0.25) is 0 Å². The maximum absolute atomic E-state index is 10.8. The second-order valence-corrected chi connectivity index (χ2v) is 4.95. The van der Waals surface area contributed by atoms with Gasteiger partial charge in [-0.15, -0.1) is 0 Å². The third-order valence-electron chi connectivity index (χ3n) is 3.17. The van der Waals surface area contributed by atoms with Gasteiger partial charge in [0, 0.05) is 24.2 Å². The standard InChI is InChI=1S/C16H18N2O3/c1-11-4-6-16(13(8-11)10-17-3)21-15-7-5-14(18(19)20)9-12(15)2/h4-9,17H,10H2,1-3H3. The Kier molecular flexibility index (Phi) is 4.55. The number of ether oxygens (including phenoxy) is 1. The number of non-ortho nitro benzene ring substituents is 1. The highest BCUT2D eigenvalue weighted by molar-refractivity contribution is 5.46. The number of nitro groups is 1. The summed E-state index contributed by atoms with van der Waals surface area (Å²) in [5.74, 6) is 1.38. The predicted molar refractivity (Wildman–Crippen MR) is 81.9 cm³/mol. The predicted octanol–water partition coefficient (Wildman–Crippen LogP) is 3.72. The molecule has 2 aromatic carbocycles. The molecule has 21 heavy (non-hydrogen) atoms. The second-order valence-electron chi connectivity index (χ2n) is 4.95. The number of benzene rings is 2. The maximum atomic E-state index is 10.8. The zero-order valence-corrected chi connectivity index (χ0v) is 12.3. The van der Waals surface area contributed by atoms with Crippen molar-refractivity contribution in [1.29, 1.82) is 0 Å². The fourth-order valence-corrected chi connectivity index (χ4v) is 2.12. The van der Waals surface area contributed by atoms with E-state index in [4.69, 9.17) is 4.74 Å². The van der Waals surface area contributed by atoms with Crippen LogP contribution in [-0.4, -0.2) is 12.0 Å². The van der Waals surface area contributed by atoms with Crippen molar-refractivity contribution in [2.24, 2.45) is 0 Å². The van der Waals surface area contributed by atoms with Crippen LogP contribution < -0.4 is 10.1 Å². The summed E-state index contributed by atoms with van der Waals surface area (Å²) in [6.45, 7) is 4.53. The van der Waals surface area contributed by atoms with Crippen LogP contribution in [-0.2, 0) is 6.54 Å². The van der Waals surface area contributed by atoms with E-state index < -0.39 is 4.92 Å². The van der Waals surface area contributed by atoms with Crippen LogP contribution in [0, 0.1) is 24.0 Å². The molecular formula is C16H18N2O3. The first kappa shape index (κ1) is 15.0. The van der Waals surface area contributed by atoms with Gasteiger partial charge >= 0.3 is 0 Å². The third kappa shape index (κ3) is 3.58. The van der Waals surface area contributed by atoms with Gasteiger partial charge in [0.1, 0.15) is 11.5 Å². The van der Waals surface area contributed by atoms with E-state index in [1.165, 1.54) is 12.1 Å². The molecule has 0 aliphatic carbocycles. The van der Waals surface area contributed by atoms with Gasteiger partial charge < -0.3 is 10.1 Å². The van der Waals surface area contributed by atoms with Crippen molar-refractivity contribution < 1.29 is 9.66 Å². The zero-order chi connectivity index (χ0) is 15.4. The van der Waals surface area contributed by atoms with E-state index in [-0.39, 0.29) is 5.69 Å². The van der Waals surface area contributed by atoms with Gasteiger partial charge in [-0.2, -0.15) is 0 Å². The molecule has 0 spiro atoms. The van der Waals surface area contributed by atoms with E-state index in [2.05, 4.69) is 11.4 Å². The lowest BCUT2D eigenvalue weighted by atomic mass is 10.1. The molecule has 0 saturated carbocycles. The van der Waals surface area contributed by atoms with E-state index in [1.807, 2.05) is 26.1 Å². The molecule has 2 aromatic rings. The van der Waals surface area contributed by atoms with Crippen LogP contribution in [0.3, 0.4) is 0 Å². The molecule has 0 bridgehead atoms. The highest BCUT2D eigenvalue weighted by atomic mass is 16.6. The molecule has 0 aliphatic rings. The number of nitrogens with zero attached hydrogens (tertiary/aromatic N) is 1. The Morgan fingerprint density at radius 3 is 2.48 bits per heavy atom. The van der Waals surface area contributed by atoms with Gasteiger partial charge in [0.15, 0.2) is 0 Å². The van der Waals surface area contributed by atoms with Crippen LogP contribution in [0.5, 0.6) is 11.5 Å². The van der Waals surface area contributed by atoms with E-state index in [0.717, 1.165) is 22.4 Å². The van der Waals surface area contributed by atoms with E-state index in [9.17, 15) is 10.1 Å². The minimum atomic E-state index is -0.408. The van der Waals surface area contributed by atoms with Crippen LogP contribution >= 0.6 is 0 Å². The van der Waals surface area contributed by atoms with Crippen molar-refractivity contribution >= 4 is 5.69 Å². The summed E-state index contributed by atoms with van der Waals surface area (Å²) < 4.78 is 5.92. The molecule has 0 radical (unpaired) electrons. The van der Waals surface area contributed by atoms with Gasteiger partial charge in [0.25, 0.3) is 5.69 Å². The van der Waals surface area contributed by atoms with Crippen molar-refractivity contribution in [1.82, 2.24) is 5.32 Å².